The highest BCUT2D eigenvalue weighted by molar-refractivity contribution is 6.36. The predicted molar refractivity (Wildman–Crippen MR) is 193 cm³/mol. The molecule has 0 bridgehead atoms. The van der Waals surface area contributed by atoms with Crippen molar-refractivity contribution in [1.29, 1.82) is 0 Å². The second kappa shape index (κ2) is 15.6. The van der Waals surface area contributed by atoms with E-state index in [2.05, 4.69) is 17.4 Å². The van der Waals surface area contributed by atoms with E-state index in [0.717, 1.165) is 70.4 Å². The number of ether oxygens (including phenoxy) is 3. The molecule has 0 saturated heterocycles. The summed E-state index contributed by atoms with van der Waals surface area (Å²) in [6, 6.07) is 18.3. The monoisotopic (exact) mass is 697 g/mol. The van der Waals surface area contributed by atoms with Crippen molar-refractivity contribution in [2.45, 2.75) is 71.4 Å². The van der Waals surface area contributed by atoms with Crippen LogP contribution in [0, 0.1) is 18.8 Å². The molecule has 2 aromatic heterocycles. The normalized spacial score (nSPS) is 17.4. The van der Waals surface area contributed by atoms with Gasteiger partial charge < -0.3 is 24.6 Å². The van der Waals surface area contributed by atoms with E-state index < -0.39 is 11.9 Å². The molecule has 0 radical (unpaired) electrons. The number of pyridine rings is 2. The van der Waals surface area contributed by atoms with Crippen LogP contribution in [0.5, 0.6) is 17.6 Å². The number of Topliss-reactive ketones (excluding diaryl/α,β-unsaturated/α-hetero) is 1. The number of fused-ring (bicyclic) bond motifs is 1. The number of aromatic nitrogens is 2. The number of hydrogen-bond acceptors (Lipinski definition) is 8. The molecule has 2 aromatic carbocycles. The van der Waals surface area contributed by atoms with Crippen LogP contribution in [0.1, 0.15) is 72.9 Å². The average Bonchev–Trinajstić information content (AvgIpc) is 3.73. The summed E-state index contributed by atoms with van der Waals surface area (Å²) in [6.45, 7) is 5.06. The number of nitrogens with zero attached hydrogens (tertiary/aromatic N) is 2. The van der Waals surface area contributed by atoms with E-state index in [1.807, 2.05) is 49.4 Å². The van der Waals surface area contributed by atoms with E-state index in [9.17, 15) is 14.7 Å². The Morgan fingerprint density at radius 2 is 1.70 bits per heavy atom. The van der Waals surface area contributed by atoms with Crippen LogP contribution in [-0.2, 0) is 29.0 Å². The van der Waals surface area contributed by atoms with Gasteiger partial charge in [-0.1, -0.05) is 61.0 Å². The van der Waals surface area contributed by atoms with Crippen LogP contribution < -0.4 is 19.5 Å². The number of halogens is 1. The van der Waals surface area contributed by atoms with E-state index in [0.29, 0.717) is 66.6 Å². The molecule has 262 valence electrons. The minimum atomic E-state index is -0.814. The summed E-state index contributed by atoms with van der Waals surface area (Å²) in [7, 11) is 3.19. The molecule has 1 saturated carbocycles. The number of aliphatic carboxylic acids is 1. The third kappa shape index (κ3) is 7.64. The highest BCUT2D eigenvalue weighted by atomic mass is 35.5. The van der Waals surface area contributed by atoms with Gasteiger partial charge in [0.05, 0.1) is 30.9 Å². The Hall–Kier alpha value is -4.47. The van der Waals surface area contributed by atoms with Crippen molar-refractivity contribution in [1.82, 2.24) is 15.3 Å². The second-order valence-corrected chi connectivity index (χ2v) is 13.8. The topological polar surface area (TPSA) is 120 Å². The first kappa shape index (κ1) is 35.4. The average molecular weight is 698 g/mol. The van der Waals surface area contributed by atoms with Gasteiger partial charge >= 0.3 is 5.97 Å². The van der Waals surface area contributed by atoms with Gasteiger partial charge in [0.2, 0.25) is 17.6 Å². The Balaban J connectivity index is 1.21. The fraction of sp³-hybridized carbons (Fsp3) is 0.400. The Labute approximate surface area is 298 Å². The van der Waals surface area contributed by atoms with Crippen LogP contribution in [0.15, 0.2) is 54.6 Å². The first-order valence-corrected chi connectivity index (χ1v) is 17.7. The zero-order chi connectivity index (χ0) is 35.4. The molecule has 4 aromatic rings. The predicted octanol–water partition coefficient (Wildman–Crippen LogP) is 7.97. The molecule has 9 nitrogen and oxygen atoms in total. The molecule has 1 fully saturated rings. The molecule has 0 unspecified atom stereocenters. The maximum atomic E-state index is 11.6. The van der Waals surface area contributed by atoms with E-state index in [1.165, 1.54) is 5.56 Å². The Morgan fingerprint density at radius 1 is 0.960 bits per heavy atom. The third-order valence-electron chi connectivity index (χ3n) is 9.93. The van der Waals surface area contributed by atoms with Crippen molar-refractivity contribution < 1.29 is 28.9 Å². The second-order valence-electron chi connectivity index (χ2n) is 13.4. The number of ketones is 1. The highest BCUT2D eigenvalue weighted by Crippen LogP contribution is 2.44. The molecular weight excluding hydrogens is 654 g/mol. The van der Waals surface area contributed by atoms with E-state index >= 15 is 0 Å². The Kier molecular flexibility index (Phi) is 11.0. The summed E-state index contributed by atoms with van der Waals surface area (Å²) in [5.41, 5.74) is 8.51. The van der Waals surface area contributed by atoms with Gasteiger partial charge in [0.1, 0.15) is 11.9 Å². The lowest BCUT2D eigenvalue weighted by molar-refractivity contribution is -0.141. The van der Waals surface area contributed by atoms with Crippen LogP contribution in [0.25, 0.3) is 22.4 Å². The first-order valence-electron chi connectivity index (χ1n) is 17.3. The summed E-state index contributed by atoms with van der Waals surface area (Å²) in [5, 5.41) is 13.4. The van der Waals surface area contributed by atoms with E-state index in [1.54, 1.807) is 21.1 Å². The third-order valence-corrected chi connectivity index (χ3v) is 10.3. The van der Waals surface area contributed by atoms with Crippen molar-refractivity contribution in [3.63, 3.8) is 0 Å². The lowest BCUT2D eigenvalue weighted by Gasteiger charge is -2.19. The fourth-order valence-corrected chi connectivity index (χ4v) is 7.40. The highest BCUT2D eigenvalue weighted by Gasteiger charge is 2.29. The molecule has 0 amide bonds. The molecule has 2 aliphatic rings. The molecule has 2 aliphatic carbocycles. The summed E-state index contributed by atoms with van der Waals surface area (Å²) >= 11 is 7.17. The Bertz CT molecular complexity index is 1900. The van der Waals surface area contributed by atoms with Gasteiger partial charge in [0.25, 0.3) is 0 Å². The molecular formula is C40H44ClN3O6. The quantitative estimate of drug-likeness (QED) is 0.135. The number of aryl methyl sites for hydroxylation is 2. The van der Waals surface area contributed by atoms with Crippen molar-refractivity contribution in [3.8, 4) is 40.0 Å². The van der Waals surface area contributed by atoms with Gasteiger partial charge in [-0.25, -0.2) is 4.98 Å². The SMILES string of the molecule is COc1nc(-c2cccc(-c3cccc4c3CC[C@@H]4Oc3nc(OC)c(CC[C@H](C)C(=O)O)cc3C)c2Cl)ccc1CNC[C@@H]1CCC(=O)C1. The van der Waals surface area contributed by atoms with Gasteiger partial charge in [-0.15, -0.1) is 0 Å². The number of carbonyl (C=O) groups excluding carboxylic acids is 1. The molecule has 10 heteroatoms. The number of carbonyl (C=O) groups is 2. The van der Waals surface area contributed by atoms with Gasteiger partial charge in [0.15, 0.2) is 0 Å². The molecule has 2 N–H and O–H groups in total. The van der Waals surface area contributed by atoms with E-state index in [-0.39, 0.29) is 6.10 Å². The number of methoxy groups -OCH3 is 2. The molecule has 3 atom stereocenters. The molecule has 0 aliphatic heterocycles. The van der Waals surface area contributed by atoms with Crippen molar-refractivity contribution in [2.24, 2.45) is 11.8 Å². The smallest absolute Gasteiger partial charge is 0.306 e. The maximum Gasteiger partial charge on any atom is 0.306 e. The van der Waals surface area contributed by atoms with E-state index in [4.69, 9.17) is 35.8 Å². The summed E-state index contributed by atoms with van der Waals surface area (Å²) in [4.78, 5) is 32.5. The van der Waals surface area contributed by atoms with Crippen LogP contribution in [-0.4, -0.2) is 47.6 Å². The molecule has 50 heavy (non-hydrogen) atoms. The Morgan fingerprint density at radius 3 is 2.44 bits per heavy atom. The summed E-state index contributed by atoms with van der Waals surface area (Å²) in [6.07, 6.45) is 4.76. The van der Waals surface area contributed by atoms with Crippen molar-refractivity contribution in [3.05, 3.63) is 87.4 Å². The fourth-order valence-electron chi connectivity index (χ4n) is 7.08. The van der Waals surface area contributed by atoms with Crippen LogP contribution >= 0.6 is 11.6 Å². The van der Waals surface area contributed by atoms with Crippen molar-refractivity contribution in [2.75, 3.05) is 20.8 Å². The zero-order valence-corrected chi connectivity index (χ0v) is 29.8. The van der Waals surface area contributed by atoms with Crippen LogP contribution in [0.2, 0.25) is 5.02 Å². The zero-order valence-electron chi connectivity index (χ0n) is 29.1. The number of benzene rings is 2. The number of hydrogen-bond donors (Lipinski definition) is 2. The molecule has 6 rings (SSSR count). The standard InChI is InChI=1S/C40H44ClN3O6/c1-23(40(46)47)11-13-26-19-24(2)37(44-38(26)48-3)50-35-18-16-30-29(7-5-8-31(30)35)32-9-6-10-33(36(32)41)34-17-14-27(39(43-34)49-4)22-42-21-25-12-15-28(45)20-25/h5-10,14,17,19,23,25,35,42H,11-13,15-16,18,20-22H2,1-4H3,(H,46,47)/t23-,25+,35-/m0/s1. The number of rotatable bonds is 14. The lowest BCUT2D eigenvalue weighted by Crippen LogP contribution is -2.21. The van der Waals surface area contributed by atoms with Crippen LogP contribution in [0.3, 0.4) is 0 Å². The lowest BCUT2D eigenvalue weighted by atomic mass is 9.94. The first-order chi connectivity index (χ1) is 24.2. The number of carboxylic acid groups (broad SMARTS) is 1. The van der Waals surface area contributed by atoms with Gasteiger partial charge in [0, 0.05) is 47.2 Å². The van der Waals surface area contributed by atoms with Gasteiger partial charge in [-0.3, -0.25) is 9.59 Å². The minimum absolute atomic E-state index is 0.193. The summed E-state index contributed by atoms with van der Waals surface area (Å²) in [5.74, 6) is 0.983. The maximum absolute atomic E-state index is 11.6. The number of nitrogens with one attached hydrogen (secondary N) is 1. The number of carboxylic acids is 1. The minimum Gasteiger partial charge on any atom is -0.481 e. The summed E-state index contributed by atoms with van der Waals surface area (Å²) < 4.78 is 17.8. The van der Waals surface area contributed by atoms with Gasteiger partial charge in [-0.05, 0) is 80.3 Å². The molecule has 0 spiro atoms. The van der Waals surface area contributed by atoms with Gasteiger partial charge in [-0.2, -0.15) is 4.98 Å². The largest absolute Gasteiger partial charge is 0.481 e. The molecule has 2 heterocycles. The van der Waals surface area contributed by atoms with Crippen molar-refractivity contribution >= 4 is 23.4 Å². The van der Waals surface area contributed by atoms with Crippen LogP contribution in [0.4, 0.5) is 0 Å².